The molecule has 202 valence electrons. The number of halogens is 2. The van der Waals surface area contributed by atoms with Crippen LogP contribution in [0.2, 0.25) is 10.0 Å². The Labute approximate surface area is 231 Å². The van der Waals surface area contributed by atoms with Crippen LogP contribution in [-0.4, -0.2) is 53.8 Å². The van der Waals surface area contributed by atoms with E-state index in [1.807, 2.05) is 12.1 Å². The van der Waals surface area contributed by atoms with Crippen molar-refractivity contribution >= 4 is 56.4 Å². The fourth-order valence-corrected chi connectivity index (χ4v) is 5.00. The van der Waals surface area contributed by atoms with Crippen LogP contribution in [0.4, 0.5) is 11.4 Å². The van der Waals surface area contributed by atoms with E-state index in [1.165, 1.54) is 18.2 Å². The summed E-state index contributed by atoms with van der Waals surface area (Å²) < 4.78 is 36.2. The summed E-state index contributed by atoms with van der Waals surface area (Å²) in [7, 11) is -0.749. The van der Waals surface area contributed by atoms with Crippen LogP contribution < -0.4 is 24.4 Å². The third kappa shape index (κ3) is 7.77. The highest BCUT2D eigenvalue weighted by atomic mass is 35.5. The molecule has 0 aliphatic rings. The van der Waals surface area contributed by atoms with Crippen LogP contribution in [0.15, 0.2) is 60.7 Å². The lowest BCUT2D eigenvalue weighted by atomic mass is 10.1. The Morgan fingerprint density at radius 2 is 1.58 bits per heavy atom. The van der Waals surface area contributed by atoms with Crippen molar-refractivity contribution in [3.8, 4) is 11.5 Å². The smallest absolute Gasteiger partial charge is 0.253 e. The van der Waals surface area contributed by atoms with Crippen LogP contribution in [0.1, 0.15) is 15.9 Å². The molecule has 0 saturated carbocycles. The Balaban J connectivity index is 1.69. The number of hydrogen-bond acceptors (Lipinski definition) is 6. The molecule has 38 heavy (non-hydrogen) atoms. The van der Waals surface area contributed by atoms with Gasteiger partial charge in [-0.25, -0.2) is 8.42 Å². The van der Waals surface area contributed by atoms with Gasteiger partial charge >= 0.3 is 0 Å². The summed E-state index contributed by atoms with van der Waals surface area (Å²) in [5, 5.41) is 5.90. The van der Waals surface area contributed by atoms with Crippen molar-refractivity contribution in [2.24, 2.45) is 0 Å². The third-order valence-corrected chi connectivity index (χ3v) is 6.99. The monoisotopic (exact) mass is 579 g/mol. The number of carbonyl (C=O) groups is 2. The highest BCUT2D eigenvalue weighted by Crippen LogP contribution is 2.28. The number of ether oxygens (including phenoxy) is 2. The molecule has 2 N–H and O–H groups in total. The summed E-state index contributed by atoms with van der Waals surface area (Å²) in [6.45, 7) is -0.223. The van der Waals surface area contributed by atoms with Gasteiger partial charge in [0.2, 0.25) is 15.9 Å². The van der Waals surface area contributed by atoms with E-state index in [0.717, 1.165) is 16.1 Å². The van der Waals surface area contributed by atoms with Crippen molar-refractivity contribution in [2.45, 2.75) is 6.42 Å². The molecule has 0 aliphatic carbocycles. The molecule has 3 aromatic rings. The van der Waals surface area contributed by atoms with E-state index >= 15 is 0 Å². The van der Waals surface area contributed by atoms with Crippen LogP contribution >= 0.6 is 23.2 Å². The van der Waals surface area contributed by atoms with Gasteiger partial charge in [0.15, 0.2) is 11.5 Å². The highest BCUT2D eigenvalue weighted by molar-refractivity contribution is 7.92. The predicted molar refractivity (Wildman–Crippen MR) is 149 cm³/mol. The van der Waals surface area contributed by atoms with E-state index in [0.29, 0.717) is 24.5 Å². The Kier molecular flexibility index (Phi) is 9.84. The van der Waals surface area contributed by atoms with Crippen molar-refractivity contribution in [2.75, 3.05) is 43.2 Å². The van der Waals surface area contributed by atoms with Crippen LogP contribution in [0.5, 0.6) is 11.5 Å². The first-order valence-electron chi connectivity index (χ1n) is 11.3. The summed E-state index contributed by atoms with van der Waals surface area (Å²) in [5.74, 6) is 0.144. The van der Waals surface area contributed by atoms with Gasteiger partial charge in [0.1, 0.15) is 6.54 Å². The van der Waals surface area contributed by atoms with Crippen LogP contribution in [0.25, 0.3) is 0 Å². The maximum atomic E-state index is 12.9. The van der Waals surface area contributed by atoms with Crippen molar-refractivity contribution < 1.29 is 27.5 Å². The predicted octanol–water partition coefficient (Wildman–Crippen LogP) is 4.39. The number of nitrogens with one attached hydrogen (secondary N) is 2. The molecule has 0 fully saturated rings. The summed E-state index contributed by atoms with van der Waals surface area (Å²) in [4.78, 5) is 25.8. The summed E-state index contributed by atoms with van der Waals surface area (Å²) in [6.07, 6.45) is 1.50. The van der Waals surface area contributed by atoms with Crippen molar-refractivity contribution in [1.29, 1.82) is 0 Å². The average molecular weight is 580 g/mol. The Hall–Kier alpha value is -3.47. The molecule has 0 radical (unpaired) electrons. The van der Waals surface area contributed by atoms with Crippen molar-refractivity contribution in [1.82, 2.24) is 5.32 Å². The number of rotatable bonds is 11. The molecular formula is C26H27Cl2N3O6S. The van der Waals surface area contributed by atoms with Crippen LogP contribution in [0, 0.1) is 0 Å². The Morgan fingerprint density at radius 3 is 2.21 bits per heavy atom. The quantitative estimate of drug-likeness (QED) is 0.348. The van der Waals surface area contributed by atoms with E-state index in [9.17, 15) is 18.0 Å². The minimum absolute atomic E-state index is 0.140. The van der Waals surface area contributed by atoms with E-state index in [-0.39, 0.29) is 27.0 Å². The number of benzene rings is 3. The Morgan fingerprint density at radius 1 is 0.921 bits per heavy atom. The van der Waals surface area contributed by atoms with Gasteiger partial charge in [-0.2, -0.15) is 0 Å². The molecule has 12 heteroatoms. The normalized spacial score (nSPS) is 11.0. The number of hydrogen-bond donors (Lipinski definition) is 2. The van der Waals surface area contributed by atoms with E-state index in [1.54, 1.807) is 44.6 Å². The van der Waals surface area contributed by atoms with Gasteiger partial charge in [-0.15, -0.1) is 0 Å². The SMILES string of the molecule is COc1ccc(CCNC(=O)c2ccccc2NC(=O)CN(c2cc(Cl)cc(Cl)c2)S(C)(=O)=O)cc1OC. The van der Waals surface area contributed by atoms with Gasteiger partial charge in [0.05, 0.1) is 37.4 Å². The molecule has 0 heterocycles. The zero-order chi connectivity index (χ0) is 27.9. The molecule has 0 saturated heterocycles. The van der Waals surface area contributed by atoms with Gasteiger partial charge in [-0.05, 0) is 54.4 Å². The van der Waals surface area contributed by atoms with E-state index < -0.39 is 28.4 Å². The van der Waals surface area contributed by atoms with E-state index in [4.69, 9.17) is 32.7 Å². The van der Waals surface area contributed by atoms with Crippen LogP contribution in [-0.2, 0) is 21.2 Å². The maximum absolute atomic E-state index is 12.9. The number of sulfonamides is 1. The molecular weight excluding hydrogens is 553 g/mol. The van der Waals surface area contributed by atoms with E-state index in [2.05, 4.69) is 10.6 Å². The second kappa shape index (κ2) is 12.9. The lowest BCUT2D eigenvalue weighted by Gasteiger charge is -2.22. The lowest BCUT2D eigenvalue weighted by molar-refractivity contribution is -0.114. The molecule has 0 atom stereocenters. The zero-order valence-corrected chi connectivity index (χ0v) is 23.3. The molecule has 0 spiro atoms. The van der Waals surface area contributed by atoms with Gasteiger partial charge in [-0.3, -0.25) is 13.9 Å². The van der Waals surface area contributed by atoms with Crippen molar-refractivity contribution in [3.63, 3.8) is 0 Å². The summed E-state index contributed by atoms with van der Waals surface area (Å²) >= 11 is 12.0. The average Bonchev–Trinajstić information content (AvgIpc) is 2.86. The molecule has 9 nitrogen and oxygen atoms in total. The topological polar surface area (TPSA) is 114 Å². The van der Waals surface area contributed by atoms with Crippen molar-refractivity contribution in [3.05, 3.63) is 81.8 Å². The minimum Gasteiger partial charge on any atom is -0.493 e. The molecule has 3 aromatic carbocycles. The molecule has 2 amide bonds. The molecule has 0 aliphatic heterocycles. The second-order valence-electron chi connectivity index (χ2n) is 8.19. The largest absolute Gasteiger partial charge is 0.493 e. The van der Waals surface area contributed by atoms with Crippen LogP contribution in [0.3, 0.4) is 0 Å². The lowest BCUT2D eigenvalue weighted by Crippen LogP contribution is -2.37. The van der Waals surface area contributed by atoms with Gasteiger partial charge < -0.3 is 20.1 Å². The maximum Gasteiger partial charge on any atom is 0.253 e. The first-order chi connectivity index (χ1) is 18.0. The molecule has 0 aromatic heterocycles. The first-order valence-corrected chi connectivity index (χ1v) is 13.9. The second-order valence-corrected chi connectivity index (χ2v) is 11.0. The number of methoxy groups -OCH3 is 2. The fourth-order valence-electron chi connectivity index (χ4n) is 3.65. The molecule has 0 unspecified atom stereocenters. The molecule has 0 bridgehead atoms. The summed E-state index contributed by atoms with van der Waals surface area (Å²) in [6, 6.07) is 16.2. The number of anilines is 2. The fraction of sp³-hybridized carbons (Fsp3) is 0.231. The van der Waals surface area contributed by atoms with Gasteiger partial charge in [-0.1, -0.05) is 41.4 Å². The minimum atomic E-state index is -3.85. The number of amides is 2. The van der Waals surface area contributed by atoms with Gasteiger partial charge in [0.25, 0.3) is 5.91 Å². The third-order valence-electron chi connectivity index (χ3n) is 5.42. The molecule has 3 rings (SSSR count). The number of nitrogens with zero attached hydrogens (tertiary/aromatic N) is 1. The van der Waals surface area contributed by atoms with Gasteiger partial charge in [0, 0.05) is 16.6 Å². The standard InChI is InChI=1S/C26H27Cl2N3O6S/c1-36-23-9-8-17(12-24(23)37-2)10-11-29-26(33)21-6-4-5-7-22(21)30-25(32)16-31(38(3,34)35)20-14-18(27)13-19(28)15-20/h4-9,12-15H,10-11,16H2,1-3H3,(H,29,33)(H,30,32). The Bertz CT molecular complexity index is 1410. The first kappa shape index (κ1) is 29.1. The number of para-hydroxylation sites is 1. The summed E-state index contributed by atoms with van der Waals surface area (Å²) in [5.41, 5.74) is 1.54. The highest BCUT2D eigenvalue weighted by Gasteiger charge is 2.23. The number of carbonyl (C=O) groups excluding carboxylic acids is 2. The zero-order valence-electron chi connectivity index (χ0n) is 21.0.